The van der Waals surface area contributed by atoms with E-state index in [0.717, 1.165) is 22.3 Å². The summed E-state index contributed by atoms with van der Waals surface area (Å²) in [5.41, 5.74) is 3.90. The van der Waals surface area contributed by atoms with Gasteiger partial charge < -0.3 is 20.5 Å². The maximum absolute atomic E-state index is 12.5. The zero-order valence-corrected chi connectivity index (χ0v) is 19.6. The molecule has 176 valence electrons. The molecule has 33 heavy (non-hydrogen) atoms. The number of rotatable bonds is 9. The minimum Gasteiger partial charge on any atom is -0.480 e. The molecule has 2 aromatic rings. The minimum absolute atomic E-state index is 0.0268. The molecule has 0 aromatic heterocycles. The van der Waals surface area contributed by atoms with E-state index >= 15 is 0 Å². The van der Waals surface area contributed by atoms with Gasteiger partial charge in [0, 0.05) is 17.9 Å². The summed E-state index contributed by atoms with van der Waals surface area (Å²) in [6, 6.07) is 15.3. The lowest BCUT2D eigenvalue weighted by molar-refractivity contribution is -0.143. The molecular weight excluding hydrogens is 420 g/mol. The highest BCUT2D eigenvalue weighted by molar-refractivity contribution is 5.84. The Hall–Kier alpha value is -3.35. The molecule has 0 fully saturated rings. The van der Waals surface area contributed by atoms with Crippen molar-refractivity contribution in [1.82, 2.24) is 10.6 Å². The molecule has 0 saturated heterocycles. The van der Waals surface area contributed by atoms with Crippen molar-refractivity contribution in [3.05, 3.63) is 59.7 Å². The molecule has 3 rings (SSSR count). The van der Waals surface area contributed by atoms with E-state index in [1.165, 1.54) is 0 Å². The smallest absolute Gasteiger partial charge is 0.407 e. The number of nitrogens with one attached hydrogen (secondary N) is 2. The van der Waals surface area contributed by atoms with E-state index in [4.69, 9.17) is 4.74 Å². The van der Waals surface area contributed by atoms with Crippen molar-refractivity contribution in [2.24, 2.45) is 5.92 Å². The van der Waals surface area contributed by atoms with Crippen LogP contribution in [0.5, 0.6) is 0 Å². The van der Waals surface area contributed by atoms with Crippen LogP contribution in [0.1, 0.15) is 57.6 Å². The number of carboxylic acid groups (broad SMARTS) is 1. The molecule has 1 aliphatic rings. The summed E-state index contributed by atoms with van der Waals surface area (Å²) in [5, 5.41) is 14.6. The van der Waals surface area contributed by atoms with E-state index in [0.29, 0.717) is 6.42 Å². The number of carbonyl (C=O) groups is 3. The third-order valence-electron chi connectivity index (χ3n) is 6.01. The van der Waals surface area contributed by atoms with Gasteiger partial charge in [0.2, 0.25) is 5.91 Å². The van der Waals surface area contributed by atoms with Gasteiger partial charge in [-0.3, -0.25) is 4.79 Å². The number of ether oxygens (including phenoxy) is 1. The first-order valence-electron chi connectivity index (χ1n) is 11.2. The molecule has 3 N–H and O–H groups in total. The summed E-state index contributed by atoms with van der Waals surface area (Å²) in [6.07, 6.45) is -0.117. The Morgan fingerprint density at radius 2 is 1.55 bits per heavy atom. The number of carbonyl (C=O) groups excluding carboxylic acids is 2. The van der Waals surface area contributed by atoms with Crippen molar-refractivity contribution >= 4 is 18.0 Å². The summed E-state index contributed by atoms with van der Waals surface area (Å²) in [5.74, 6) is -1.67. The molecule has 0 heterocycles. The Kier molecular flexibility index (Phi) is 7.41. The van der Waals surface area contributed by atoms with Gasteiger partial charge in [-0.25, -0.2) is 9.59 Å². The third kappa shape index (κ3) is 5.92. The predicted octanol–water partition coefficient (Wildman–Crippen LogP) is 4.31. The molecule has 1 atom stereocenters. The van der Waals surface area contributed by atoms with Gasteiger partial charge in [0.15, 0.2) is 0 Å². The number of hydrogen-bond donors (Lipinski definition) is 3. The van der Waals surface area contributed by atoms with Gasteiger partial charge in [-0.2, -0.15) is 0 Å². The lowest BCUT2D eigenvalue weighted by Gasteiger charge is -2.26. The molecule has 1 aliphatic carbocycles. The van der Waals surface area contributed by atoms with Gasteiger partial charge in [0.1, 0.15) is 12.6 Å². The number of amides is 2. The van der Waals surface area contributed by atoms with Gasteiger partial charge in [0.25, 0.3) is 0 Å². The Labute approximate surface area is 194 Å². The number of fused-ring (bicyclic) bond motifs is 3. The fraction of sp³-hybridized carbons (Fsp3) is 0.423. The fourth-order valence-corrected chi connectivity index (χ4v) is 4.16. The Morgan fingerprint density at radius 3 is 2.06 bits per heavy atom. The lowest BCUT2D eigenvalue weighted by Crippen LogP contribution is -2.47. The molecule has 0 saturated carbocycles. The van der Waals surface area contributed by atoms with Crippen LogP contribution in [0, 0.1) is 5.92 Å². The highest BCUT2D eigenvalue weighted by atomic mass is 16.5. The number of hydrogen-bond acceptors (Lipinski definition) is 4. The van der Waals surface area contributed by atoms with E-state index in [2.05, 4.69) is 34.9 Å². The predicted molar refractivity (Wildman–Crippen MR) is 126 cm³/mol. The van der Waals surface area contributed by atoms with E-state index in [-0.39, 0.29) is 30.8 Å². The van der Waals surface area contributed by atoms with Crippen molar-refractivity contribution in [3.8, 4) is 11.1 Å². The molecule has 1 unspecified atom stereocenters. The van der Waals surface area contributed by atoms with Gasteiger partial charge in [-0.1, -0.05) is 62.4 Å². The molecular formula is C26H32N2O5. The van der Waals surface area contributed by atoms with Gasteiger partial charge >= 0.3 is 12.1 Å². The van der Waals surface area contributed by atoms with Crippen molar-refractivity contribution in [3.63, 3.8) is 0 Å². The standard InChI is InChI=1S/C26H32N2O5/c1-16(2)23(24(30)31)27-22(29)13-14-26(3,4)28-25(32)33-15-21-19-11-7-5-9-17(19)18-10-6-8-12-20(18)21/h5-12,16,21,23H,13-15H2,1-4H3,(H,27,29)(H,28,32)(H,30,31). The Morgan fingerprint density at radius 1 is 1.00 bits per heavy atom. The van der Waals surface area contributed by atoms with Crippen LogP contribution in [0.4, 0.5) is 4.79 Å². The average molecular weight is 453 g/mol. The van der Waals surface area contributed by atoms with E-state index < -0.39 is 23.6 Å². The van der Waals surface area contributed by atoms with Crippen LogP contribution >= 0.6 is 0 Å². The Bertz CT molecular complexity index is 985. The normalized spacial score (nSPS) is 13.7. The van der Waals surface area contributed by atoms with Crippen LogP contribution in [0.2, 0.25) is 0 Å². The fourth-order valence-electron chi connectivity index (χ4n) is 4.16. The maximum Gasteiger partial charge on any atom is 0.407 e. The maximum atomic E-state index is 12.5. The molecule has 0 spiro atoms. The summed E-state index contributed by atoms with van der Waals surface area (Å²) < 4.78 is 5.58. The van der Waals surface area contributed by atoms with E-state index in [9.17, 15) is 19.5 Å². The van der Waals surface area contributed by atoms with Crippen LogP contribution < -0.4 is 10.6 Å². The SMILES string of the molecule is CC(C)C(NC(=O)CCC(C)(C)NC(=O)OCC1c2ccccc2-c2ccccc21)C(=O)O. The van der Waals surface area contributed by atoms with Crippen LogP contribution in [-0.2, 0) is 14.3 Å². The number of benzene rings is 2. The van der Waals surface area contributed by atoms with Crippen molar-refractivity contribution in [2.45, 2.75) is 58.0 Å². The zero-order valence-electron chi connectivity index (χ0n) is 19.6. The Balaban J connectivity index is 1.53. The molecule has 7 heteroatoms. The van der Waals surface area contributed by atoms with Gasteiger partial charge in [-0.05, 0) is 48.4 Å². The molecule has 2 aromatic carbocycles. The summed E-state index contributed by atoms with van der Waals surface area (Å²) >= 11 is 0. The van der Waals surface area contributed by atoms with Crippen molar-refractivity contribution in [1.29, 1.82) is 0 Å². The number of alkyl carbamates (subject to hydrolysis) is 1. The highest BCUT2D eigenvalue weighted by Gasteiger charge is 2.30. The van der Waals surface area contributed by atoms with Gasteiger partial charge in [-0.15, -0.1) is 0 Å². The molecule has 2 amide bonds. The van der Waals surface area contributed by atoms with Crippen molar-refractivity contribution < 1.29 is 24.2 Å². The second-order valence-electron chi connectivity index (χ2n) is 9.46. The topological polar surface area (TPSA) is 105 Å². The number of carboxylic acids is 1. The zero-order chi connectivity index (χ0) is 24.2. The largest absolute Gasteiger partial charge is 0.480 e. The summed E-state index contributed by atoms with van der Waals surface area (Å²) in [4.78, 5) is 36.0. The first-order valence-corrected chi connectivity index (χ1v) is 11.2. The van der Waals surface area contributed by atoms with Gasteiger partial charge in [0.05, 0.1) is 0 Å². The molecule has 0 aliphatic heterocycles. The van der Waals surface area contributed by atoms with Crippen LogP contribution in [0.25, 0.3) is 11.1 Å². The second kappa shape index (κ2) is 10.1. The quantitative estimate of drug-likeness (QED) is 0.526. The van der Waals surface area contributed by atoms with Crippen LogP contribution in [0.3, 0.4) is 0 Å². The molecule has 7 nitrogen and oxygen atoms in total. The average Bonchev–Trinajstić information content (AvgIpc) is 3.08. The first kappa shape index (κ1) is 24.3. The summed E-state index contributed by atoms with van der Waals surface area (Å²) in [7, 11) is 0. The van der Waals surface area contributed by atoms with Crippen LogP contribution in [-0.4, -0.2) is 41.3 Å². The minimum atomic E-state index is -1.06. The summed E-state index contributed by atoms with van der Waals surface area (Å²) in [6.45, 7) is 7.30. The second-order valence-corrected chi connectivity index (χ2v) is 9.46. The lowest BCUT2D eigenvalue weighted by atomic mass is 9.97. The molecule has 0 radical (unpaired) electrons. The van der Waals surface area contributed by atoms with Crippen molar-refractivity contribution in [2.75, 3.05) is 6.61 Å². The van der Waals surface area contributed by atoms with Crippen LogP contribution in [0.15, 0.2) is 48.5 Å². The number of aliphatic carboxylic acids is 1. The molecule has 0 bridgehead atoms. The van der Waals surface area contributed by atoms with E-state index in [1.807, 2.05) is 24.3 Å². The third-order valence-corrected chi connectivity index (χ3v) is 6.01. The highest BCUT2D eigenvalue weighted by Crippen LogP contribution is 2.44. The van der Waals surface area contributed by atoms with E-state index in [1.54, 1.807) is 27.7 Å². The first-order chi connectivity index (χ1) is 15.6. The monoisotopic (exact) mass is 452 g/mol.